The zero-order valence-electron chi connectivity index (χ0n) is 11.6. The van der Waals surface area contributed by atoms with E-state index in [0.717, 1.165) is 0 Å². The van der Waals surface area contributed by atoms with Crippen molar-refractivity contribution in [2.24, 2.45) is 0 Å². The van der Waals surface area contributed by atoms with E-state index in [2.05, 4.69) is 5.32 Å². The molecule has 4 heteroatoms. The van der Waals surface area contributed by atoms with Gasteiger partial charge in [0.15, 0.2) is 0 Å². The summed E-state index contributed by atoms with van der Waals surface area (Å²) < 4.78 is 5.50. The lowest BCUT2D eigenvalue weighted by Crippen LogP contribution is -2.42. The number of nitrogens with zero attached hydrogens (tertiary/aromatic N) is 1. The molecule has 1 aromatic carbocycles. The van der Waals surface area contributed by atoms with Crippen LogP contribution in [-0.2, 0) is 9.53 Å². The van der Waals surface area contributed by atoms with E-state index in [9.17, 15) is 4.79 Å². The molecule has 0 spiro atoms. The Bertz CT molecular complexity index is 449. The molecule has 0 aliphatic heterocycles. The SMILES string of the molecule is CCOC(C)(C)CNC(=O)C(C#N)c1ccccc1. The van der Waals surface area contributed by atoms with Crippen molar-refractivity contribution in [2.45, 2.75) is 32.3 Å². The molecule has 1 N–H and O–H groups in total. The van der Waals surface area contributed by atoms with Crippen LogP contribution in [0.15, 0.2) is 30.3 Å². The molecule has 0 bridgehead atoms. The molecule has 4 nitrogen and oxygen atoms in total. The molecule has 19 heavy (non-hydrogen) atoms. The molecule has 0 aliphatic rings. The summed E-state index contributed by atoms with van der Waals surface area (Å²) in [5.41, 5.74) is 0.276. The van der Waals surface area contributed by atoms with E-state index in [1.165, 1.54) is 0 Å². The number of nitriles is 1. The van der Waals surface area contributed by atoms with Crippen LogP contribution in [0.5, 0.6) is 0 Å². The molecule has 0 aliphatic carbocycles. The molecular weight excluding hydrogens is 240 g/mol. The van der Waals surface area contributed by atoms with Crippen LogP contribution < -0.4 is 5.32 Å². The van der Waals surface area contributed by atoms with Gasteiger partial charge in [0.2, 0.25) is 5.91 Å². The Morgan fingerprint density at radius 3 is 2.58 bits per heavy atom. The van der Waals surface area contributed by atoms with Crippen LogP contribution in [0, 0.1) is 11.3 Å². The minimum absolute atomic E-state index is 0.290. The number of ether oxygens (including phenoxy) is 1. The molecule has 0 heterocycles. The van der Waals surface area contributed by atoms with E-state index in [0.29, 0.717) is 18.7 Å². The number of benzene rings is 1. The van der Waals surface area contributed by atoms with Crippen molar-refractivity contribution in [1.29, 1.82) is 5.26 Å². The summed E-state index contributed by atoms with van der Waals surface area (Å²) in [4.78, 5) is 12.0. The Hall–Kier alpha value is -1.86. The Labute approximate surface area is 114 Å². The van der Waals surface area contributed by atoms with Gasteiger partial charge in [-0.25, -0.2) is 0 Å². The van der Waals surface area contributed by atoms with Gasteiger partial charge in [0, 0.05) is 13.2 Å². The van der Waals surface area contributed by atoms with Crippen molar-refractivity contribution < 1.29 is 9.53 Å². The fourth-order valence-electron chi connectivity index (χ4n) is 1.77. The van der Waals surface area contributed by atoms with Crippen LogP contribution in [0.4, 0.5) is 0 Å². The topological polar surface area (TPSA) is 62.1 Å². The van der Waals surface area contributed by atoms with Gasteiger partial charge in [0.05, 0.1) is 11.7 Å². The predicted octanol–water partition coefficient (Wildman–Crippen LogP) is 2.23. The van der Waals surface area contributed by atoms with Gasteiger partial charge in [-0.05, 0) is 26.3 Å². The maximum absolute atomic E-state index is 12.0. The maximum atomic E-state index is 12.0. The monoisotopic (exact) mass is 260 g/mol. The van der Waals surface area contributed by atoms with Gasteiger partial charge >= 0.3 is 0 Å². The first kappa shape index (κ1) is 15.2. The third-order valence-corrected chi connectivity index (χ3v) is 2.75. The highest BCUT2D eigenvalue weighted by atomic mass is 16.5. The van der Waals surface area contributed by atoms with Crippen molar-refractivity contribution in [3.05, 3.63) is 35.9 Å². The Morgan fingerprint density at radius 2 is 2.05 bits per heavy atom. The van der Waals surface area contributed by atoms with Crippen molar-refractivity contribution in [3.8, 4) is 6.07 Å². The Kier molecular flexibility index (Phi) is 5.53. The van der Waals surface area contributed by atoms with Crippen molar-refractivity contribution in [1.82, 2.24) is 5.32 Å². The molecule has 1 rings (SSSR count). The normalized spacial score (nSPS) is 12.5. The van der Waals surface area contributed by atoms with E-state index in [1.807, 2.05) is 45.0 Å². The highest BCUT2D eigenvalue weighted by Gasteiger charge is 2.23. The molecule has 1 atom stereocenters. The van der Waals surface area contributed by atoms with Gasteiger partial charge in [-0.1, -0.05) is 30.3 Å². The Balaban J connectivity index is 2.64. The van der Waals surface area contributed by atoms with Crippen molar-refractivity contribution in [2.75, 3.05) is 13.2 Å². The van der Waals surface area contributed by atoms with Gasteiger partial charge in [-0.3, -0.25) is 4.79 Å². The second-order valence-electron chi connectivity index (χ2n) is 4.88. The number of hydrogen-bond acceptors (Lipinski definition) is 3. The lowest BCUT2D eigenvalue weighted by atomic mass is 9.99. The lowest BCUT2D eigenvalue weighted by Gasteiger charge is -2.25. The fraction of sp³-hybridized carbons (Fsp3) is 0.467. The molecule has 1 aromatic rings. The largest absolute Gasteiger partial charge is 0.374 e. The molecule has 0 saturated heterocycles. The Morgan fingerprint density at radius 1 is 1.42 bits per heavy atom. The van der Waals surface area contributed by atoms with E-state index in [4.69, 9.17) is 10.00 Å². The minimum atomic E-state index is -0.779. The summed E-state index contributed by atoms with van der Waals surface area (Å²) in [6, 6.07) is 11.1. The summed E-state index contributed by atoms with van der Waals surface area (Å²) in [6.07, 6.45) is 0. The molecule has 0 aromatic heterocycles. The first-order chi connectivity index (χ1) is 9.00. The summed E-state index contributed by atoms with van der Waals surface area (Å²) in [5, 5.41) is 11.9. The zero-order valence-corrected chi connectivity index (χ0v) is 11.6. The molecule has 0 saturated carbocycles. The summed E-state index contributed by atoms with van der Waals surface area (Å²) in [7, 11) is 0. The first-order valence-corrected chi connectivity index (χ1v) is 6.36. The van der Waals surface area contributed by atoms with Crippen molar-refractivity contribution >= 4 is 5.91 Å². The van der Waals surface area contributed by atoms with Gasteiger partial charge in [0.1, 0.15) is 5.92 Å². The summed E-state index contributed by atoms with van der Waals surface area (Å²) in [6.45, 7) is 6.68. The smallest absolute Gasteiger partial charge is 0.241 e. The quantitative estimate of drug-likeness (QED) is 0.853. The highest BCUT2D eigenvalue weighted by Crippen LogP contribution is 2.15. The van der Waals surface area contributed by atoms with Crippen LogP contribution in [0.25, 0.3) is 0 Å². The number of nitrogens with one attached hydrogen (secondary N) is 1. The highest BCUT2D eigenvalue weighted by molar-refractivity contribution is 5.86. The summed E-state index contributed by atoms with van der Waals surface area (Å²) >= 11 is 0. The van der Waals surface area contributed by atoms with Crippen LogP contribution in [0.1, 0.15) is 32.3 Å². The third-order valence-electron chi connectivity index (χ3n) is 2.75. The number of rotatable bonds is 6. The van der Waals surface area contributed by atoms with E-state index < -0.39 is 11.5 Å². The van der Waals surface area contributed by atoms with Crippen LogP contribution in [0.3, 0.4) is 0 Å². The summed E-state index contributed by atoms with van der Waals surface area (Å²) in [5.74, 6) is -1.07. The third kappa shape index (κ3) is 4.72. The molecular formula is C15H20N2O2. The zero-order chi connectivity index (χ0) is 14.3. The standard InChI is InChI=1S/C15H20N2O2/c1-4-19-15(2,3)11-17-14(18)13(10-16)12-8-6-5-7-9-12/h5-9,13H,4,11H2,1-3H3,(H,17,18). The average Bonchev–Trinajstić information content (AvgIpc) is 2.39. The average molecular weight is 260 g/mol. The van der Waals surface area contributed by atoms with Gasteiger partial charge in [0.25, 0.3) is 0 Å². The molecule has 0 fully saturated rings. The predicted molar refractivity (Wildman–Crippen MR) is 73.5 cm³/mol. The van der Waals surface area contributed by atoms with Gasteiger partial charge in [-0.15, -0.1) is 0 Å². The number of carbonyl (C=O) groups is 1. The van der Waals surface area contributed by atoms with Crippen LogP contribution in [0.2, 0.25) is 0 Å². The molecule has 1 unspecified atom stereocenters. The number of amides is 1. The molecule has 102 valence electrons. The van der Waals surface area contributed by atoms with Crippen molar-refractivity contribution in [3.63, 3.8) is 0 Å². The van der Waals surface area contributed by atoms with Crippen LogP contribution in [-0.4, -0.2) is 24.7 Å². The van der Waals surface area contributed by atoms with Gasteiger partial charge in [-0.2, -0.15) is 5.26 Å². The fourth-order valence-corrected chi connectivity index (χ4v) is 1.77. The second-order valence-corrected chi connectivity index (χ2v) is 4.88. The lowest BCUT2D eigenvalue weighted by molar-refractivity contribution is -0.123. The maximum Gasteiger partial charge on any atom is 0.241 e. The molecule has 0 radical (unpaired) electrons. The van der Waals surface area contributed by atoms with Crippen LogP contribution >= 0.6 is 0 Å². The van der Waals surface area contributed by atoms with E-state index in [-0.39, 0.29) is 5.91 Å². The van der Waals surface area contributed by atoms with E-state index in [1.54, 1.807) is 12.1 Å². The molecule has 1 amide bonds. The second kappa shape index (κ2) is 6.91. The van der Waals surface area contributed by atoms with E-state index >= 15 is 0 Å². The number of carbonyl (C=O) groups excluding carboxylic acids is 1. The first-order valence-electron chi connectivity index (χ1n) is 6.36. The van der Waals surface area contributed by atoms with Gasteiger partial charge < -0.3 is 10.1 Å². The minimum Gasteiger partial charge on any atom is -0.374 e. The number of hydrogen-bond donors (Lipinski definition) is 1.